The fraction of sp³-hybridized carbons (Fsp3) is 0.0769. The van der Waals surface area contributed by atoms with Gasteiger partial charge in [-0.25, -0.2) is 22.0 Å². The van der Waals surface area contributed by atoms with Crippen LogP contribution in [-0.2, 0) is 10.1 Å². The number of methoxy groups -OCH3 is 1. The Morgan fingerprint density at radius 3 is 1.83 bits per heavy atom. The number of halogens is 5. The van der Waals surface area contributed by atoms with Gasteiger partial charge in [0.05, 0.1) is 12.7 Å². The van der Waals surface area contributed by atoms with E-state index in [0.717, 1.165) is 19.2 Å². The van der Waals surface area contributed by atoms with Crippen molar-refractivity contribution in [1.82, 2.24) is 0 Å². The van der Waals surface area contributed by atoms with Gasteiger partial charge in [0.15, 0.2) is 23.3 Å². The minimum atomic E-state index is -5.00. The van der Waals surface area contributed by atoms with E-state index >= 15 is 0 Å². The van der Waals surface area contributed by atoms with Crippen molar-refractivity contribution >= 4 is 10.1 Å². The van der Waals surface area contributed by atoms with Crippen LogP contribution in [0.25, 0.3) is 11.1 Å². The fourth-order valence-corrected chi connectivity index (χ4v) is 2.58. The zero-order chi connectivity index (χ0) is 17.5. The van der Waals surface area contributed by atoms with Crippen molar-refractivity contribution in [3.63, 3.8) is 0 Å². The summed E-state index contributed by atoms with van der Waals surface area (Å²) in [6.45, 7) is 0. The highest BCUT2D eigenvalue weighted by atomic mass is 32.2. The Balaban J connectivity index is 2.98. The first-order valence-electron chi connectivity index (χ1n) is 5.77. The number of benzene rings is 2. The first kappa shape index (κ1) is 17.2. The molecule has 2 aromatic rings. The van der Waals surface area contributed by atoms with Crippen LogP contribution < -0.4 is 4.74 Å². The Labute approximate surface area is 126 Å². The molecule has 2 rings (SSSR count). The molecule has 0 heterocycles. The maximum Gasteiger partial charge on any atom is 0.295 e. The Bertz CT molecular complexity index is 867. The summed E-state index contributed by atoms with van der Waals surface area (Å²) in [5.74, 6) is -11.5. The van der Waals surface area contributed by atoms with Crippen molar-refractivity contribution < 1.29 is 39.7 Å². The molecule has 0 aliphatic rings. The number of ether oxygens (including phenoxy) is 1. The third-order valence-electron chi connectivity index (χ3n) is 2.94. The van der Waals surface area contributed by atoms with Crippen LogP contribution in [0.4, 0.5) is 22.0 Å². The third-order valence-corrected chi connectivity index (χ3v) is 3.86. The second kappa shape index (κ2) is 5.78. The van der Waals surface area contributed by atoms with Gasteiger partial charge in [0.2, 0.25) is 5.82 Å². The summed E-state index contributed by atoms with van der Waals surface area (Å²) >= 11 is 0. The molecular weight excluding hydrogens is 347 g/mol. The van der Waals surface area contributed by atoms with Gasteiger partial charge in [-0.05, 0) is 18.2 Å². The molecule has 0 radical (unpaired) electrons. The summed E-state index contributed by atoms with van der Waals surface area (Å²) in [7, 11) is -3.87. The lowest BCUT2D eigenvalue weighted by Gasteiger charge is -2.12. The summed E-state index contributed by atoms with van der Waals surface area (Å²) in [5.41, 5.74) is -2.42. The van der Waals surface area contributed by atoms with Crippen LogP contribution in [0.15, 0.2) is 23.1 Å². The molecule has 0 bridgehead atoms. The lowest BCUT2D eigenvalue weighted by atomic mass is 10.0. The molecule has 0 saturated heterocycles. The summed E-state index contributed by atoms with van der Waals surface area (Å²) in [4.78, 5) is -1.04. The molecule has 10 heteroatoms. The second-order valence-electron chi connectivity index (χ2n) is 4.28. The topological polar surface area (TPSA) is 63.6 Å². The molecule has 4 nitrogen and oxygen atoms in total. The normalized spacial score (nSPS) is 11.6. The smallest absolute Gasteiger partial charge is 0.295 e. The van der Waals surface area contributed by atoms with Gasteiger partial charge in [-0.3, -0.25) is 4.55 Å². The highest BCUT2D eigenvalue weighted by Gasteiger charge is 2.30. The molecule has 0 saturated carbocycles. The third kappa shape index (κ3) is 2.86. The average molecular weight is 354 g/mol. The van der Waals surface area contributed by atoms with E-state index in [1.54, 1.807) is 0 Å². The predicted octanol–water partition coefficient (Wildman–Crippen LogP) is 3.30. The van der Waals surface area contributed by atoms with Gasteiger partial charge in [0.1, 0.15) is 10.6 Å². The average Bonchev–Trinajstić information content (AvgIpc) is 2.50. The monoisotopic (exact) mass is 354 g/mol. The first-order valence-corrected chi connectivity index (χ1v) is 7.21. The van der Waals surface area contributed by atoms with Gasteiger partial charge in [-0.2, -0.15) is 8.42 Å². The van der Waals surface area contributed by atoms with E-state index < -0.39 is 55.2 Å². The summed E-state index contributed by atoms with van der Waals surface area (Å²) in [5, 5.41) is 0. The van der Waals surface area contributed by atoms with Gasteiger partial charge < -0.3 is 4.74 Å². The van der Waals surface area contributed by atoms with Crippen molar-refractivity contribution in [1.29, 1.82) is 0 Å². The van der Waals surface area contributed by atoms with Crippen LogP contribution in [0.1, 0.15) is 0 Å². The predicted molar refractivity (Wildman–Crippen MR) is 68.0 cm³/mol. The largest absolute Gasteiger partial charge is 0.497 e. The van der Waals surface area contributed by atoms with E-state index in [2.05, 4.69) is 0 Å². The van der Waals surface area contributed by atoms with Crippen LogP contribution in [0.5, 0.6) is 5.75 Å². The summed E-state index contributed by atoms with van der Waals surface area (Å²) < 4.78 is 104. The van der Waals surface area contributed by atoms with E-state index in [9.17, 15) is 30.4 Å². The summed E-state index contributed by atoms with van der Waals surface area (Å²) in [6.07, 6.45) is 0. The molecule has 0 fully saturated rings. The minimum Gasteiger partial charge on any atom is -0.497 e. The Morgan fingerprint density at radius 2 is 1.39 bits per heavy atom. The zero-order valence-electron chi connectivity index (χ0n) is 11.2. The molecule has 1 N–H and O–H groups in total. The molecule has 0 aromatic heterocycles. The van der Waals surface area contributed by atoms with Gasteiger partial charge in [-0.1, -0.05) is 0 Å². The lowest BCUT2D eigenvalue weighted by molar-refractivity contribution is 0.381. The molecule has 23 heavy (non-hydrogen) atoms. The molecule has 0 aliphatic carbocycles. The lowest BCUT2D eigenvalue weighted by Crippen LogP contribution is -2.08. The Morgan fingerprint density at radius 1 is 0.913 bits per heavy atom. The molecule has 124 valence electrons. The van der Waals surface area contributed by atoms with Crippen LogP contribution in [0, 0.1) is 29.1 Å². The molecule has 0 spiro atoms. The maximum atomic E-state index is 13.9. The highest BCUT2D eigenvalue weighted by Crippen LogP contribution is 2.37. The van der Waals surface area contributed by atoms with E-state index in [0.29, 0.717) is 6.07 Å². The van der Waals surface area contributed by atoms with Crippen molar-refractivity contribution in [2.75, 3.05) is 7.11 Å². The highest BCUT2D eigenvalue weighted by molar-refractivity contribution is 7.86. The summed E-state index contributed by atoms with van der Waals surface area (Å²) in [6, 6.07) is 2.46. The van der Waals surface area contributed by atoms with Gasteiger partial charge >= 0.3 is 0 Å². The van der Waals surface area contributed by atoms with Crippen LogP contribution in [0.3, 0.4) is 0 Å². The van der Waals surface area contributed by atoms with Crippen molar-refractivity contribution in [2.45, 2.75) is 4.90 Å². The number of hydrogen-bond acceptors (Lipinski definition) is 3. The maximum absolute atomic E-state index is 13.9. The number of rotatable bonds is 3. The standard InChI is InChI=1S/C13H7F5O4S/c1-22-5-2-3-7(23(19,20)21)6(4-5)8-9(14)11(16)13(18)12(17)10(8)15/h2-4H,1H3,(H,19,20,21). The van der Waals surface area contributed by atoms with E-state index in [1.807, 2.05) is 0 Å². The first-order chi connectivity index (χ1) is 10.6. The SMILES string of the molecule is COc1ccc(S(=O)(=O)O)c(-c2c(F)c(F)c(F)c(F)c2F)c1. The van der Waals surface area contributed by atoms with Crippen LogP contribution in [-0.4, -0.2) is 20.1 Å². The Hall–Kier alpha value is -2.20. The molecule has 2 aromatic carbocycles. The van der Waals surface area contributed by atoms with Crippen molar-refractivity contribution in [3.8, 4) is 16.9 Å². The van der Waals surface area contributed by atoms with Crippen LogP contribution in [0.2, 0.25) is 0 Å². The van der Waals surface area contributed by atoms with Gasteiger partial charge in [0.25, 0.3) is 10.1 Å². The van der Waals surface area contributed by atoms with Crippen molar-refractivity contribution in [2.24, 2.45) is 0 Å². The van der Waals surface area contributed by atoms with Gasteiger partial charge in [0, 0.05) is 5.56 Å². The minimum absolute atomic E-state index is 0.128. The molecule has 0 atom stereocenters. The van der Waals surface area contributed by atoms with E-state index in [4.69, 9.17) is 9.29 Å². The van der Waals surface area contributed by atoms with E-state index in [-0.39, 0.29) is 5.75 Å². The second-order valence-corrected chi connectivity index (χ2v) is 5.67. The number of hydrogen-bond donors (Lipinski definition) is 1. The quantitative estimate of drug-likeness (QED) is 0.398. The Kier molecular flexibility index (Phi) is 4.31. The zero-order valence-corrected chi connectivity index (χ0v) is 12.0. The molecule has 0 amide bonds. The molecule has 0 unspecified atom stereocenters. The van der Waals surface area contributed by atoms with Crippen molar-refractivity contribution in [3.05, 3.63) is 47.3 Å². The molecular formula is C13H7F5O4S. The van der Waals surface area contributed by atoms with E-state index in [1.165, 1.54) is 0 Å². The van der Waals surface area contributed by atoms with Gasteiger partial charge in [-0.15, -0.1) is 0 Å². The molecule has 0 aliphatic heterocycles. The van der Waals surface area contributed by atoms with Crippen LogP contribution >= 0.6 is 0 Å². The fourth-order valence-electron chi connectivity index (χ4n) is 1.90.